The number of benzene rings is 1. The van der Waals surface area contributed by atoms with E-state index in [4.69, 9.17) is 28.5 Å². The molecule has 90 valence electrons. The van der Waals surface area contributed by atoms with Crippen molar-refractivity contribution in [2.75, 3.05) is 11.9 Å². The van der Waals surface area contributed by atoms with E-state index in [0.717, 1.165) is 5.69 Å². The zero-order valence-corrected chi connectivity index (χ0v) is 11.1. The standard InChI is InChI=1S/C13H9Cl2N3/c1-18(11-4-2-3-9(5-11)7-16)13-12(15)6-10(14)8-17-13/h2-6,8H,1H3. The number of rotatable bonds is 2. The second-order valence-electron chi connectivity index (χ2n) is 3.68. The predicted octanol–water partition coefficient (Wildman–Crippen LogP) is 4.03. The summed E-state index contributed by atoms with van der Waals surface area (Å²) in [6.07, 6.45) is 1.54. The van der Waals surface area contributed by atoms with E-state index < -0.39 is 0 Å². The zero-order valence-electron chi connectivity index (χ0n) is 9.56. The van der Waals surface area contributed by atoms with Crippen molar-refractivity contribution in [2.45, 2.75) is 0 Å². The van der Waals surface area contributed by atoms with Crippen LogP contribution in [0.3, 0.4) is 0 Å². The van der Waals surface area contributed by atoms with Crippen LogP contribution in [0.1, 0.15) is 5.56 Å². The van der Waals surface area contributed by atoms with Crippen molar-refractivity contribution in [1.29, 1.82) is 5.26 Å². The molecule has 0 atom stereocenters. The fourth-order valence-corrected chi connectivity index (χ4v) is 2.07. The van der Waals surface area contributed by atoms with Crippen LogP contribution >= 0.6 is 23.2 Å². The van der Waals surface area contributed by atoms with Gasteiger partial charge in [-0.3, -0.25) is 0 Å². The van der Waals surface area contributed by atoms with Crippen LogP contribution in [0, 0.1) is 11.3 Å². The van der Waals surface area contributed by atoms with Gasteiger partial charge in [0.1, 0.15) is 0 Å². The highest BCUT2D eigenvalue weighted by molar-refractivity contribution is 6.36. The molecule has 1 heterocycles. The number of aromatic nitrogens is 1. The second-order valence-corrected chi connectivity index (χ2v) is 4.52. The van der Waals surface area contributed by atoms with Crippen molar-refractivity contribution >= 4 is 34.7 Å². The molecule has 5 heteroatoms. The van der Waals surface area contributed by atoms with Crippen molar-refractivity contribution < 1.29 is 0 Å². The van der Waals surface area contributed by atoms with Crippen molar-refractivity contribution in [1.82, 2.24) is 4.98 Å². The van der Waals surface area contributed by atoms with Gasteiger partial charge in [-0.25, -0.2) is 4.98 Å². The molecule has 0 amide bonds. The van der Waals surface area contributed by atoms with E-state index in [1.54, 1.807) is 23.1 Å². The van der Waals surface area contributed by atoms with Gasteiger partial charge in [-0.2, -0.15) is 5.26 Å². The molecule has 0 spiro atoms. The lowest BCUT2D eigenvalue weighted by atomic mass is 10.2. The SMILES string of the molecule is CN(c1cccc(C#N)c1)c1ncc(Cl)cc1Cl. The largest absolute Gasteiger partial charge is 0.328 e. The van der Waals surface area contributed by atoms with Crippen molar-refractivity contribution in [3.8, 4) is 6.07 Å². The molecular weight excluding hydrogens is 269 g/mol. The minimum atomic E-state index is 0.465. The van der Waals surface area contributed by atoms with E-state index in [9.17, 15) is 0 Å². The van der Waals surface area contributed by atoms with Crippen molar-refractivity contribution in [3.63, 3.8) is 0 Å². The minimum absolute atomic E-state index is 0.465. The Bertz CT molecular complexity index is 620. The monoisotopic (exact) mass is 277 g/mol. The van der Waals surface area contributed by atoms with Crippen LogP contribution in [-0.4, -0.2) is 12.0 Å². The van der Waals surface area contributed by atoms with Gasteiger partial charge in [-0.05, 0) is 24.3 Å². The molecule has 2 aromatic rings. The Kier molecular flexibility index (Phi) is 3.71. The molecule has 0 saturated heterocycles. The number of hydrogen-bond acceptors (Lipinski definition) is 3. The first-order valence-corrected chi connectivity index (χ1v) is 5.92. The van der Waals surface area contributed by atoms with E-state index in [0.29, 0.717) is 21.4 Å². The van der Waals surface area contributed by atoms with E-state index >= 15 is 0 Å². The van der Waals surface area contributed by atoms with Gasteiger partial charge in [0.25, 0.3) is 0 Å². The van der Waals surface area contributed by atoms with E-state index in [1.807, 2.05) is 19.2 Å². The van der Waals surface area contributed by atoms with Gasteiger partial charge in [0, 0.05) is 18.9 Å². The highest BCUT2D eigenvalue weighted by Crippen LogP contribution is 2.30. The van der Waals surface area contributed by atoms with Gasteiger partial charge < -0.3 is 4.90 Å². The maximum absolute atomic E-state index is 8.88. The quantitative estimate of drug-likeness (QED) is 0.832. The molecule has 0 aliphatic heterocycles. The molecule has 3 nitrogen and oxygen atoms in total. The normalized spacial score (nSPS) is 9.89. The van der Waals surface area contributed by atoms with E-state index in [2.05, 4.69) is 11.1 Å². The summed E-state index contributed by atoms with van der Waals surface area (Å²) in [7, 11) is 1.83. The Labute approximate surface area is 115 Å². The summed E-state index contributed by atoms with van der Waals surface area (Å²) < 4.78 is 0. The van der Waals surface area contributed by atoms with Crippen LogP contribution in [0.15, 0.2) is 36.5 Å². The lowest BCUT2D eigenvalue weighted by Gasteiger charge is -2.19. The van der Waals surface area contributed by atoms with Crippen LogP contribution in [-0.2, 0) is 0 Å². The lowest BCUT2D eigenvalue weighted by Crippen LogP contribution is -2.11. The fourth-order valence-electron chi connectivity index (χ4n) is 1.56. The number of nitrogens with zero attached hydrogens (tertiary/aromatic N) is 3. The number of nitriles is 1. The van der Waals surface area contributed by atoms with Crippen molar-refractivity contribution in [3.05, 3.63) is 52.1 Å². The van der Waals surface area contributed by atoms with E-state index in [-0.39, 0.29) is 0 Å². The Morgan fingerprint density at radius 2 is 2.06 bits per heavy atom. The molecular formula is C13H9Cl2N3. The third-order valence-corrected chi connectivity index (χ3v) is 2.95. The first kappa shape index (κ1) is 12.7. The Morgan fingerprint density at radius 1 is 1.28 bits per heavy atom. The first-order chi connectivity index (χ1) is 8.61. The Balaban J connectivity index is 2.41. The summed E-state index contributed by atoms with van der Waals surface area (Å²) in [5.41, 5.74) is 1.43. The number of halogens is 2. The summed E-state index contributed by atoms with van der Waals surface area (Å²) >= 11 is 11.9. The maximum atomic E-state index is 8.88. The van der Waals surface area contributed by atoms with E-state index in [1.165, 1.54) is 6.20 Å². The van der Waals surface area contributed by atoms with Crippen LogP contribution in [0.4, 0.5) is 11.5 Å². The van der Waals surface area contributed by atoms with Gasteiger partial charge >= 0.3 is 0 Å². The molecule has 0 bridgehead atoms. The summed E-state index contributed by atoms with van der Waals surface area (Å²) in [4.78, 5) is 5.99. The average Bonchev–Trinajstić information content (AvgIpc) is 2.38. The molecule has 18 heavy (non-hydrogen) atoms. The third-order valence-electron chi connectivity index (χ3n) is 2.47. The molecule has 2 rings (SSSR count). The lowest BCUT2D eigenvalue weighted by molar-refractivity contribution is 1.13. The minimum Gasteiger partial charge on any atom is -0.328 e. The topological polar surface area (TPSA) is 39.9 Å². The summed E-state index contributed by atoms with van der Waals surface area (Å²) in [6.45, 7) is 0. The number of anilines is 2. The molecule has 1 aromatic carbocycles. The van der Waals surface area contributed by atoms with Gasteiger partial charge in [0.15, 0.2) is 5.82 Å². The Hall–Kier alpha value is -1.76. The Morgan fingerprint density at radius 3 is 2.72 bits per heavy atom. The van der Waals surface area contributed by atoms with Crippen LogP contribution in [0.5, 0.6) is 0 Å². The summed E-state index contributed by atoms with van der Waals surface area (Å²) in [5, 5.41) is 9.83. The van der Waals surface area contributed by atoms with Crippen LogP contribution in [0.25, 0.3) is 0 Å². The molecule has 0 aliphatic carbocycles. The highest BCUT2D eigenvalue weighted by atomic mass is 35.5. The fraction of sp³-hybridized carbons (Fsp3) is 0.0769. The summed E-state index contributed by atoms with van der Waals surface area (Å²) in [6, 6.07) is 10.9. The summed E-state index contributed by atoms with van der Waals surface area (Å²) in [5.74, 6) is 0.594. The molecule has 1 aromatic heterocycles. The second kappa shape index (κ2) is 5.26. The molecule has 0 radical (unpaired) electrons. The van der Waals surface area contributed by atoms with Gasteiger partial charge in [0.2, 0.25) is 0 Å². The highest BCUT2D eigenvalue weighted by Gasteiger charge is 2.10. The van der Waals surface area contributed by atoms with Gasteiger partial charge in [0.05, 0.1) is 21.7 Å². The molecule has 0 N–H and O–H groups in total. The number of pyridine rings is 1. The van der Waals surface area contributed by atoms with Gasteiger partial charge in [-0.1, -0.05) is 29.3 Å². The maximum Gasteiger partial charge on any atom is 0.151 e. The smallest absolute Gasteiger partial charge is 0.151 e. The molecule has 0 unspecified atom stereocenters. The predicted molar refractivity (Wildman–Crippen MR) is 73.5 cm³/mol. The van der Waals surface area contributed by atoms with Crippen LogP contribution in [0.2, 0.25) is 10.0 Å². The third kappa shape index (κ3) is 2.56. The van der Waals surface area contributed by atoms with Crippen molar-refractivity contribution in [2.24, 2.45) is 0 Å². The molecule has 0 saturated carbocycles. The first-order valence-electron chi connectivity index (χ1n) is 5.17. The zero-order chi connectivity index (χ0) is 13.1. The molecule has 0 fully saturated rings. The molecule has 0 aliphatic rings. The average molecular weight is 278 g/mol. The van der Waals surface area contributed by atoms with Gasteiger partial charge in [-0.15, -0.1) is 0 Å². The van der Waals surface area contributed by atoms with Crippen LogP contribution < -0.4 is 4.90 Å². The number of hydrogen-bond donors (Lipinski definition) is 0.